The van der Waals surface area contributed by atoms with Crippen LogP contribution in [0.15, 0.2) is 0 Å². The number of thioether (sulfide) groups is 1. The van der Waals surface area contributed by atoms with Gasteiger partial charge in [-0.2, -0.15) is 11.8 Å². The summed E-state index contributed by atoms with van der Waals surface area (Å²) < 4.78 is 1.75. The van der Waals surface area contributed by atoms with Crippen molar-refractivity contribution >= 4 is 17.7 Å². The minimum atomic E-state index is -0.697. The maximum Gasteiger partial charge on any atom is 0.311 e. The quantitative estimate of drug-likeness (QED) is 0.918. The molecule has 7 heteroatoms. The molecule has 2 heterocycles. The molecule has 0 aromatic carbocycles. The van der Waals surface area contributed by atoms with Crippen molar-refractivity contribution in [2.75, 3.05) is 5.75 Å². The molecule has 2 fully saturated rings. The van der Waals surface area contributed by atoms with Crippen LogP contribution in [0.3, 0.4) is 0 Å². The lowest BCUT2D eigenvalue weighted by molar-refractivity contribution is -0.152. The summed E-state index contributed by atoms with van der Waals surface area (Å²) in [5.41, 5.74) is -0.675. The van der Waals surface area contributed by atoms with Gasteiger partial charge in [0.1, 0.15) is 0 Å². The topological polar surface area (TPSA) is 80.9 Å². The van der Waals surface area contributed by atoms with Gasteiger partial charge in [-0.25, -0.2) is 4.68 Å². The van der Waals surface area contributed by atoms with Crippen molar-refractivity contribution < 1.29 is 9.90 Å². The van der Waals surface area contributed by atoms with Crippen molar-refractivity contribution in [2.24, 2.45) is 5.41 Å². The standard InChI is InChI=1S/C13H20N4O2S/c18-12(19)13(6-2-1-3-7-13)9-17-11(14-15-16-17)10-5-4-8-20-10/h10H,1-9H2,(H,18,19). The van der Waals surface area contributed by atoms with Gasteiger partial charge in [-0.1, -0.05) is 19.3 Å². The van der Waals surface area contributed by atoms with Crippen LogP contribution in [0.4, 0.5) is 0 Å². The second-order valence-electron chi connectivity index (χ2n) is 5.84. The van der Waals surface area contributed by atoms with Gasteiger partial charge in [0.15, 0.2) is 5.82 Å². The average molecular weight is 296 g/mol. The second kappa shape index (κ2) is 5.71. The summed E-state index contributed by atoms with van der Waals surface area (Å²) in [5.74, 6) is 1.30. The SMILES string of the molecule is O=C(O)C1(Cn2nnnc2C2CCCS2)CCCCC1. The zero-order chi connectivity index (χ0) is 14.0. The van der Waals surface area contributed by atoms with E-state index in [9.17, 15) is 9.90 Å². The van der Waals surface area contributed by atoms with Crippen LogP contribution >= 0.6 is 11.8 Å². The molecule has 1 aliphatic carbocycles. The highest BCUT2D eigenvalue weighted by Gasteiger charge is 2.41. The molecule has 0 spiro atoms. The van der Waals surface area contributed by atoms with Crippen molar-refractivity contribution in [3.05, 3.63) is 5.82 Å². The summed E-state index contributed by atoms with van der Waals surface area (Å²) in [6.07, 6.45) is 6.86. The van der Waals surface area contributed by atoms with Gasteiger partial charge in [-0.05, 0) is 41.9 Å². The smallest absolute Gasteiger partial charge is 0.311 e. The molecule has 1 unspecified atom stereocenters. The molecular formula is C13H20N4O2S. The molecule has 0 amide bonds. The molecular weight excluding hydrogens is 276 g/mol. The molecule has 6 nitrogen and oxygen atoms in total. The summed E-state index contributed by atoms with van der Waals surface area (Å²) in [7, 11) is 0. The zero-order valence-electron chi connectivity index (χ0n) is 11.5. The summed E-state index contributed by atoms with van der Waals surface area (Å²) in [4.78, 5) is 11.7. The Hall–Kier alpha value is -1.11. The van der Waals surface area contributed by atoms with Crippen LogP contribution in [0.1, 0.15) is 56.0 Å². The molecule has 1 aliphatic heterocycles. The fourth-order valence-electron chi connectivity index (χ4n) is 3.29. The molecule has 1 aromatic heterocycles. The molecule has 1 saturated heterocycles. The van der Waals surface area contributed by atoms with E-state index >= 15 is 0 Å². The van der Waals surface area contributed by atoms with Gasteiger partial charge in [0, 0.05) is 0 Å². The maximum atomic E-state index is 11.7. The monoisotopic (exact) mass is 296 g/mol. The first-order valence-corrected chi connectivity index (χ1v) is 8.37. The van der Waals surface area contributed by atoms with Crippen LogP contribution in [0.5, 0.6) is 0 Å². The minimum absolute atomic E-state index is 0.333. The molecule has 3 rings (SSSR count). The number of aliphatic carboxylic acids is 1. The van der Waals surface area contributed by atoms with Crippen molar-refractivity contribution in [1.82, 2.24) is 20.2 Å². The van der Waals surface area contributed by atoms with E-state index in [1.807, 2.05) is 11.8 Å². The van der Waals surface area contributed by atoms with Gasteiger partial charge >= 0.3 is 5.97 Å². The molecule has 1 atom stereocenters. The number of nitrogens with zero attached hydrogens (tertiary/aromatic N) is 4. The fraction of sp³-hybridized carbons (Fsp3) is 0.846. The molecule has 1 N–H and O–H groups in total. The molecule has 2 aliphatic rings. The highest BCUT2D eigenvalue weighted by molar-refractivity contribution is 7.99. The van der Waals surface area contributed by atoms with Crippen LogP contribution in [-0.2, 0) is 11.3 Å². The third-order valence-electron chi connectivity index (χ3n) is 4.49. The van der Waals surface area contributed by atoms with Gasteiger partial charge in [0.05, 0.1) is 17.2 Å². The number of rotatable bonds is 4. The summed E-state index contributed by atoms with van der Waals surface area (Å²) >= 11 is 1.87. The van der Waals surface area contributed by atoms with E-state index in [0.717, 1.165) is 50.1 Å². The summed E-state index contributed by atoms with van der Waals surface area (Å²) in [6, 6.07) is 0. The van der Waals surface area contributed by atoms with Crippen LogP contribution < -0.4 is 0 Å². The van der Waals surface area contributed by atoms with Crippen LogP contribution in [0.2, 0.25) is 0 Å². The zero-order valence-corrected chi connectivity index (χ0v) is 12.3. The second-order valence-corrected chi connectivity index (χ2v) is 7.15. The van der Waals surface area contributed by atoms with Gasteiger partial charge in [0.2, 0.25) is 0 Å². The fourth-order valence-corrected chi connectivity index (χ4v) is 4.56. The Bertz CT molecular complexity index is 478. The Morgan fingerprint density at radius 2 is 2.15 bits per heavy atom. The number of carboxylic acid groups (broad SMARTS) is 1. The van der Waals surface area contributed by atoms with Crippen molar-refractivity contribution in [3.8, 4) is 0 Å². The van der Waals surface area contributed by atoms with Gasteiger partial charge < -0.3 is 5.11 Å². The molecule has 20 heavy (non-hydrogen) atoms. The first kappa shape index (κ1) is 13.9. The van der Waals surface area contributed by atoms with Crippen molar-refractivity contribution in [2.45, 2.75) is 56.7 Å². The summed E-state index contributed by atoms with van der Waals surface area (Å²) in [6.45, 7) is 0.418. The highest BCUT2D eigenvalue weighted by Crippen LogP contribution is 2.41. The van der Waals surface area contributed by atoms with Crippen LogP contribution in [-0.4, -0.2) is 37.0 Å². The predicted molar refractivity (Wildman–Crippen MR) is 75.4 cm³/mol. The Morgan fingerprint density at radius 1 is 1.35 bits per heavy atom. The number of aromatic nitrogens is 4. The van der Waals surface area contributed by atoms with E-state index in [1.54, 1.807) is 4.68 Å². The lowest BCUT2D eigenvalue weighted by Gasteiger charge is -2.33. The Labute approximate surface area is 122 Å². The van der Waals surface area contributed by atoms with E-state index < -0.39 is 11.4 Å². The minimum Gasteiger partial charge on any atom is -0.481 e. The third kappa shape index (κ3) is 2.55. The van der Waals surface area contributed by atoms with Gasteiger partial charge in [0.25, 0.3) is 0 Å². The Kier molecular flexibility index (Phi) is 3.96. The third-order valence-corrected chi connectivity index (χ3v) is 5.87. The van der Waals surface area contributed by atoms with Crippen LogP contribution in [0, 0.1) is 5.41 Å². The van der Waals surface area contributed by atoms with E-state index in [2.05, 4.69) is 15.5 Å². The first-order valence-electron chi connectivity index (χ1n) is 7.32. The van der Waals surface area contributed by atoms with Gasteiger partial charge in [-0.3, -0.25) is 4.79 Å². The van der Waals surface area contributed by atoms with Crippen LogP contribution in [0.25, 0.3) is 0 Å². The molecule has 1 saturated carbocycles. The molecule has 0 bridgehead atoms. The normalized spacial score (nSPS) is 25.7. The first-order chi connectivity index (χ1) is 9.71. The predicted octanol–water partition coefficient (Wildman–Crippen LogP) is 2.28. The van der Waals surface area contributed by atoms with Crippen molar-refractivity contribution in [3.63, 3.8) is 0 Å². The molecule has 110 valence electrons. The number of carbonyl (C=O) groups is 1. The van der Waals surface area contributed by atoms with Gasteiger partial charge in [-0.15, -0.1) is 5.10 Å². The molecule has 1 aromatic rings. The van der Waals surface area contributed by atoms with E-state index in [0.29, 0.717) is 11.8 Å². The Balaban J connectivity index is 1.82. The Morgan fingerprint density at radius 3 is 2.80 bits per heavy atom. The number of hydrogen-bond acceptors (Lipinski definition) is 5. The number of hydrogen-bond donors (Lipinski definition) is 1. The van der Waals surface area contributed by atoms with E-state index in [-0.39, 0.29) is 0 Å². The molecule has 0 radical (unpaired) electrons. The maximum absolute atomic E-state index is 11.7. The number of carboxylic acids is 1. The lowest BCUT2D eigenvalue weighted by Crippen LogP contribution is -2.38. The van der Waals surface area contributed by atoms with Crippen molar-refractivity contribution in [1.29, 1.82) is 0 Å². The summed E-state index contributed by atoms with van der Waals surface area (Å²) in [5, 5.41) is 22.0. The van der Waals surface area contributed by atoms with E-state index in [1.165, 1.54) is 6.42 Å². The highest BCUT2D eigenvalue weighted by atomic mass is 32.2. The lowest BCUT2D eigenvalue weighted by atomic mass is 9.74. The average Bonchev–Trinajstić information content (AvgIpc) is 3.10. The largest absolute Gasteiger partial charge is 0.481 e. The number of tetrazole rings is 1. The van der Waals surface area contributed by atoms with E-state index in [4.69, 9.17) is 0 Å².